The number of furan rings is 1. The lowest BCUT2D eigenvalue weighted by Crippen LogP contribution is -2.14. The maximum atomic E-state index is 13.5. The summed E-state index contributed by atoms with van der Waals surface area (Å²) >= 11 is 0. The summed E-state index contributed by atoms with van der Waals surface area (Å²) in [4.78, 5) is 0.00556. The number of sulfonamides is 1. The standard InChI is InChI=1S/C13H15FN2O3S/c1-9-13(7-10(19-9)8-15-2)20(17,18)16-12-6-4-3-5-11(12)14/h3-7,15-16H,8H2,1-2H3. The molecule has 0 bridgehead atoms. The molecular weight excluding hydrogens is 283 g/mol. The van der Waals surface area contributed by atoms with E-state index in [2.05, 4.69) is 10.0 Å². The molecule has 20 heavy (non-hydrogen) atoms. The lowest BCUT2D eigenvalue weighted by atomic mass is 10.3. The van der Waals surface area contributed by atoms with Gasteiger partial charge in [-0.25, -0.2) is 12.8 Å². The average molecular weight is 298 g/mol. The molecule has 0 aliphatic carbocycles. The van der Waals surface area contributed by atoms with Gasteiger partial charge in [0.25, 0.3) is 10.0 Å². The van der Waals surface area contributed by atoms with Gasteiger partial charge in [-0.3, -0.25) is 4.72 Å². The van der Waals surface area contributed by atoms with Crippen molar-refractivity contribution >= 4 is 15.7 Å². The van der Waals surface area contributed by atoms with Gasteiger partial charge in [0.15, 0.2) is 0 Å². The van der Waals surface area contributed by atoms with E-state index in [4.69, 9.17) is 4.42 Å². The molecule has 0 radical (unpaired) electrons. The summed E-state index contributed by atoms with van der Waals surface area (Å²) in [7, 11) is -2.15. The van der Waals surface area contributed by atoms with Crippen LogP contribution in [0.3, 0.4) is 0 Å². The Morgan fingerprint density at radius 3 is 2.65 bits per heavy atom. The SMILES string of the molecule is CNCc1cc(S(=O)(=O)Nc2ccccc2F)c(C)o1. The van der Waals surface area contributed by atoms with Crippen LogP contribution in [-0.2, 0) is 16.6 Å². The molecule has 1 heterocycles. The largest absolute Gasteiger partial charge is 0.464 e. The quantitative estimate of drug-likeness (QED) is 0.888. The minimum atomic E-state index is -3.88. The highest BCUT2D eigenvalue weighted by Crippen LogP contribution is 2.24. The molecule has 0 aliphatic heterocycles. The summed E-state index contributed by atoms with van der Waals surface area (Å²) in [6.07, 6.45) is 0. The van der Waals surface area contributed by atoms with Crippen LogP contribution in [0.4, 0.5) is 10.1 Å². The van der Waals surface area contributed by atoms with Crippen LogP contribution in [0.15, 0.2) is 39.6 Å². The van der Waals surface area contributed by atoms with Crippen molar-refractivity contribution in [3.8, 4) is 0 Å². The molecule has 108 valence electrons. The fourth-order valence-electron chi connectivity index (χ4n) is 1.80. The van der Waals surface area contributed by atoms with E-state index >= 15 is 0 Å². The molecular formula is C13H15FN2O3S. The number of halogens is 1. The molecule has 2 rings (SSSR count). The van der Waals surface area contributed by atoms with Crippen LogP contribution in [0.1, 0.15) is 11.5 Å². The highest BCUT2D eigenvalue weighted by Gasteiger charge is 2.22. The first kappa shape index (κ1) is 14.5. The van der Waals surface area contributed by atoms with Crippen molar-refractivity contribution in [2.24, 2.45) is 0 Å². The maximum absolute atomic E-state index is 13.5. The number of anilines is 1. The van der Waals surface area contributed by atoms with E-state index in [1.165, 1.54) is 24.3 Å². The Hall–Kier alpha value is -1.86. The molecule has 0 spiro atoms. The first-order valence-corrected chi connectivity index (χ1v) is 7.43. The molecule has 0 atom stereocenters. The van der Waals surface area contributed by atoms with E-state index < -0.39 is 15.8 Å². The number of aryl methyl sites for hydroxylation is 1. The van der Waals surface area contributed by atoms with Crippen LogP contribution in [0, 0.1) is 12.7 Å². The minimum absolute atomic E-state index is 0.00556. The van der Waals surface area contributed by atoms with Crippen molar-refractivity contribution in [3.63, 3.8) is 0 Å². The normalized spacial score (nSPS) is 11.6. The third-order valence-corrected chi connectivity index (χ3v) is 4.15. The third kappa shape index (κ3) is 3.00. The molecule has 7 heteroatoms. The van der Waals surface area contributed by atoms with E-state index in [1.807, 2.05) is 0 Å². The predicted octanol–water partition coefficient (Wildman–Crippen LogP) is 2.25. The first-order valence-electron chi connectivity index (χ1n) is 5.95. The number of benzene rings is 1. The van der Waals surface area contributed by atoms with Crippen LogP contribution in [0.2, 0.25) is 0 Å². The van der Waals surface area contributed by atoms with Gasteiger partial charge in [-0.15, -0.1) is 0 Å². The Morgan fingerprint density at radius 1 is 1.30 bits per heavy atom. The molecule has 0 fully saturated rings. The second-order valence-electron chi connectivity index (χ2n) is 4.25. The number of hydrogen-bond donors (Lipinski definition) is 2. The highest BCUT2D eigenvalue weighted by molar-refractivity contribution is 7.92. The Bertz CT molecular complexity index is 710. The lowest BCUT2D eigenvalue weighted by Gasteiger charge is -2.07. The molecule has 0 saturated carbocycles. The smallest absolute Gasteiger partial charge is 0.265 e. The van der Waals surface area contributed by atoms with Gasteiger partial charge >= 0.3 is 0 Å². The summed E-state index contributed by atoms with van der Waals surface area (Å²) in [5.74, 6) is 0.130. The van der Waals surface area contributed by atoms with Crippen LogP contribution in [0.25, 0.3) is 0 Å². The van der Waals surface area contributed by atoms with Gasteiger partial charge in [0.2, 0.25) is 0 Å². The molecule has 5 nitrogen and oxygen atoms in total. The van der Waals surface area contributed by atoms with Gasteiger partial charge in [0, 0.05) is 6.07 Å². The van der Waals surface area contributed by atoms with Gasteiger partial charge in [-0.1, -0.05) is 12.1 Å². The van der Waals surface area contributed by atoms with Gasteiger partial charge in [-0.2, -0.15) is 0 Å². The van der Waals surface area contributed by atoms with Crippen LogP contribution >= 0.6 is 0 Å². The highest BCUT2D eigenvalue weighted by atomic mass is 32.2. The van der Waals surface area contributed by atoms with Crippen LogP contribution in [-0.4, -0.2) is 15.5 Å². The van der Waals surface area contributed by atoms with Crippen molar-refractivity contribution in [2.75, 3.05) is 11.8 Å². The second-order valence-corrected chi connectivity index (χ2v) is 5.90. The number of hydrogen-bond acceptors (Lipinski definition) is 4. The molecule has 0 amide bonds. The van der Waals surface area contributed by atoms with Crippen molar-refractivity contribution in [1.82, 2.24) is 5.32 Å². The van der Waals surface area contributed by atoms with E-state index in [-0.39, 0.29) is 16.3 Å². The Morgan fingerprint density at radius 2 is 2.00 bits per heavy atom. The average Bonchev–Trinajstić information content (AvgIpc) is 2.74. The topological polar surface area (TPSA) is 71.3 Å². The zero-order chi connectivity index (χ0) is 14.8. The van der Waals surface area contributed by atoms with Crippen LogP contribution in [0.5, 0.6) is 0 Å². The van der Waals surface area contributed by atoms with Crippen molar-refractivity contribution in [1.29, 1.82) is 0 Å². The summed E-state index contributed by atoms with van der Waals surface area (Å²) in [6.45, 7) is 1.96. The molecule has 1 aromatic heterocycles. The maximum Gasteiger partial charge on any atom is 0.265 e. The molecule has 0 saturated heterocycles. The van der Waals surface area contributed by atoms with Gasteiger partial charge < -0.3 is 9.73 Å². The van der Waals surface area contributed by atoms with Gasteiger partial charge in [-0.05, 0) is 26.1 Å². The molecule has 2 N–H and O–H groups in total. The fraction of sp³-hybridized carbons (Fsp3) is 0.231. The first-order chi connectivity index (χ1) is 9.44. The van der Waals surface area contributed by atoms with Gasteiger partial charge in [0.05, 0.1) is 12.2 Å². The summed E-state index contributed by atoms with van der Waals surface area (Å²) < 4.78 is 45.5. The zero-order valence-electron chi connectivity index (χ0n) is 11.1. The lowest BCUT2D eigenvalue weighted by molar-refractivity contribution is 0.466. The van der Waals surface area contributed by atoms with E-state index in [1.54, 1.807) is 20.0 Å². The summed E-state index contributed by atoms with van der Waals surface area (Å²) in [6, 6.07) is 7.01. The number of rotatable bonds is 5. The van der Waals surface area contributed by atoms with Gasteiger partial charge in [0.1, 0.15) is 22.2 Å². The molecule has 2 aromatic rings. The van der Waals surface area contributed by atoms with E-state index in [0.717, 1.165) is 0 Å². The Labute approximate surface area is 116 Å². The second kappa shape index (κ2) is 5.64. The summed E-state index contributed by atoms with van der Waals surface area (Å²) in [5, 5.41) is 2.87. The molecule has 0 unspecified atom stereocenters. The van der Waals surface area contributed by atoms with E-state index in [9.17, 15) is 12.8 Å². The number of nitrogens with one attached hydrogen (secondary N) is 2. The monoisotopic (exact) mass is 298 g/mol. The zero-order valence-corrected chi connectivity index (χ0v) is 11.9. The number of para-hydroxylation sites is 1. The summed E-state index contributed by atoms with van der Waals surface area (Å²) in [5.41, 5.74) is -0.0942. The van der Waals surface area contributed by atoms with E-state index in [0.29, 0.717) is 12.3 Å². The minimum Gasteiger partial charge on any atom is -0.464 e. The molecule has 1 aromatic carbocycles. The predicted molar refractivity (Wildman–Crippen MR) is 73.4 cm³/mol. The van der Waals surface area contributed by atoms with Crippen LogP contribution < -0.4 is 10.0 Å². The molecule has 0 aliphatic rings. The van der Waals surface area contributed by atoms with Crippen molar-refractivity contribution in [3.05, 3.63) is 47.7 Å². The van der Waals surface area contributed by atoms with Crippen molar-refractivity contribution in [2.45, 2.75) is 18.4 Å². The third-order valence-electron chi connectivity index (χ3n) is 2.68. The Kier molecular flexibility index (Phi) is 4.10. The fourth-order valence-corrected chi connectivity index (χ4v) is 3.07. The Balaban J connectivity index is 2.33. The van der Waals surface area contributed by atoms with Crippen molar-refractivity contribution < 1.29 is 17.2 Å².